The van der Waals surface area contributed by atoms with E-state index in [0.717, 1.165) is 18.7 Å². The highest BCUT2D eigenvalue weighted by molar-refractivity contribution is 6.31. The molecular weight excluding hydrogens is 286 g/mol. The van der Waals surface area contributed by atoms with Crippen LogP contribution in [-0.2, 0) is 0 Å². The van der Waals surface area contributed by atoms with Gasteiger partial charge in [-0.25, -0.2) is 4.98 Å². The van der Waals surface area contributed by atoms with Crippen molar-refractivity contribution in [1.29, 1.82) is 0 Å². The second kappa shape index (κ2) is 7.27. The minimum atomic E-state index is 0.367. The summed E-state index contributed by atoms with van der Waals surface area (Å²) in [5.74, 6) is 2.06. The van der Waals surface area contributed by atoms with Gasteiger partial charge in [-0.2, -0.15) is 4.98 Å². The van der Waals surface area contributed by atoms with Gasteiger partial charge in [-0.15, -0.1) is 0 Å². The van der Waals surface area contributed by atoms with E-state index < -0.39 is 0 Å². The zero-order valence-corrected chi connectivity index (χ0v) is 13.3. The predicted octanol–water partition coefficient (Wildman–Crippen LogP) is 4.87. The van der Waals surface area contributed by atoms with Crippen molar-refractivity contribution in [2.24, 2.45) is 0 Å². The quantitative estimate of drug-likeness (QED) is 0.827. The minimum absolute atomic E-state index is 0.367. The molecule has 112 valence electrons. The van der Waals surface area contributed by atoms with E-state index in [2.05, 4.69) is 42.1 Å². The zero-order valence-electron chi connectivity index (χ0n) is 12.6. The van der Waals surface area contributed by atoms with Crippen LogP contribution >= 0.6 is 11.6 Å². The number of hydrogen-bond donors (Lipinski definition) is 1. The van der Waals surface area contributed by atoms with Gasteiger partial charge in [0, 0.05) is 6.54 Å². The summed E-state index contributed by atoms with van der Waals surface area (Å²) < 4.78 is 5.80. The Morgan fingerprint density at radius 3 is 2.86 bits per heavy atom. The summed E-state index contributed by atoms with van der Waals surface area (Å²) >= 11 is 6.10. The molecule has 1 aromatic carbocycles. The van der Waals surface area contributed by atoms with Gasteiger partial charge >= 0.3 is 0 Å². The van der Waals surface area contributed by atoms with Gasteiger partial charge in [-0.1, -0.05) is 44.5 Å². The van der Waals surface area contributed by atoms with Crippen LogP contribution in [-0.4, -0.2) is 16.5 Å². The van der Waals surface area contributed by atoms with E-state index in [9.17, 15) is 0 Å². The normalized spacial score (nSPS) is 10.7. The van der Waals surface area contributed by atoms with Gasteiger partial charge in [0.2, 0.25) is 11.8 Å². The lowest BCUT2D eigenvalue weighted by Crippen LogP contribution is -2.05. The van der Waals surface area contributed by atoms with Crippen LogP contribution in [0.3, 0.4) is 0 Å². The van der Waals surface area contributed by atoms with Crippen molar-refractivity contribution < 1.29 is 4.74 Å². The molecule has 0 saturated carbocycles. The molecule has 0 radical (unpaired) electrons. The largest absolute Gasteiger partial charge is 0.437 e. The van der Waals surface area contributed by atoms with E-state index in [4.69, 9.17) is 16.3 Å². The Balaban J connectivity index is 2.20. The van der Waals surface area contributed by atoms with Crippen LogP contribution in [0.1, 0.15) is 38.7 Å². The average Bonchev–Trinajstić information content (AvgIpc) is 2.48. The van der Waals surface area contributed by atoms with Crippen LogP contribution in [0.25, 0.3) is 0 Å². The monoisotopic (exact) mass is 305 g/mol. The number of benzene rings is 1. The van der Waals surface area contributed by atoms with Gasteiger partial charge in [0.25, 0.3) is 0 Å². The number of rotatable bonds is 6. The number of anilines is 1. The fraction of sp³-hybridized carbons (Fsp3) is 0.375. The standard InChI is InChI=1S/C16H20ClN3O/c1-4-8-18-16-19-10-14(17)15(20-16)21-13-7-5-6-12(9-13)11(2)3/h5-7,9-11H,4,8H2,1-3H3,(H,18,19,20). The molecule has 0 amide bonds. The lowest BCUT2D eigenvalue weighted by molar-refractivity contribution is 0.461. The summed E-state index contributed by atoms with van der Waals surface area (Å²) in [6.07, 6.45) is 2.55. The molecule has 0 saturated heterocycles. The SMILES string of the molecule is CCCNc1ncc(Cl)c(Oc2cccc(C(C)C)c2)n1. The molecule has 1 N–H and O–H groups in total. The van der Waals surface area contributed by atoms with Gasteiger partial charge in [0.05, 0.1) is 6.20 Å². The van der Waals surface area contributed by atoms with Crippen LogP contribution < -0.4 is 10.1 Å². The summed E-state index contributed by atoms with van der Waals surface area (Å²) in [6, 6.07) is 7.94. The van der Waals surface area contributed by atoms with E-state index in [0.29, 0.717) is 22.8 Å². The molecule has 0 atom stereocenters. The highest BCUT2D eigenvalue weighted by atomic mass is 35.5. The summed E-state index contributed by atoms with van der Waals surface area (Å²) in [4.78, 5) is 8.43. The molecule has 0 spiro atoms. The average molecular weight is 306 g/mol. The van der Waals surface area contributed by atoms with Gasteiger partial charge in [0.15, 0.2) is 0 Å². The van der Waals surface area contributed by atoms with Gasteiger partial charge in [-0.3, -0.25) is 0 Å². The van der Waals surface area contributed by atoms with Crippen LogP contribution in [0.4, 0.5) is 5.95 Å². The maximum atomic E-state index is 6.10. The highest BCUT2D eigenvalue weighted by Crippen LogP contribution is 2.29. The minimum Gasteiger partial charge on any atom is -0.437 e. The number of nitrogens with one attached hydrogen (secondary N) is 1. The topological polar surface area (TPSA) is 47.0 Å². The van der Waals surface area contributed by atoms with Gasteiger partial charge < -0.3 is 10.1 Å². The fourth-order valence-electron chi connectivity index (χ4n) is 1.79. The number of ether oxygens (including phenoxy) is 1. The Hall–Kier alpha value is -1.81. The second-order valence-corrected chi connectivity index (χ2v) is 5.51. The molecule has 1 aromatic heterocycles. The van der Waals surface area contributed by atoms with Crippen LogP contribution in [0, 0.1) is 0 Å². The molecule has 0 aliphatic rings. The zero-order chi connectivity index (χ0) is 15.2. The number of nitrogens with zero attached hydrogens (tertiary/aromatic N) is 2. The van der Waals surface area contributed by atoms with Crippen molar-refractivity contribution in [3.05, 3.63) is 41.0 Å². The number of hydrogen-bond acceptors (Lipinski definition) is 4. The van der Waals surface area contributed by atoms with Crippen LogP contribution in [0.15, 0.2) is 30.5 Å². The molecule has 0 aliphatic heterocycles. The van der Waals surface area contributed by atoms with Crippen molar-refractivity contribution in [3.63, 3.8) is 0 Å². The third kappa shape index (κ3) is 4.33. The first-order valence-electron chi connectivity index (χ1n) is 7.14. The third-order valence-electron chi connectivity index (χ3n) is 2.98. The van der Waals surface area contributed by atoms with Crippen LogP contribution in [0.2, 0.25) is 5.02 Å². The summed E-state index contributed by atoms with van der Waals surface area (Å²) in [7, 11) is 0. The molecule has 4 nitrogen and oxygen atoms in total. The summed E-state index contributed by atoms with van der Waals surface area (Å²) in [6.45, 7) is 7.18. The molecule has 2 rings (SSSR count). The number of halogens is 1. The molecule has 0 unspecified atom stereocenters. The van der Waals surface area contributed by atoms with E-state index in [1.807, 2.05) is 18.2 Å². The van der Waals surface area contributed by atoms with E-state index in [1.54, 1.807) is 6.20 Å². The summed E-state index contributed by atoms with van der Waals surface area (Å²) in [5, 5.41) is 3.51. The van der Waals surface area contributed by atoms with E-state index in [1.165, 1.54) is 5.56 Å². The summed E-state index contributed by atoms with van der Waals surface area (Å²) in [5.41, 5.74) is 1.21. The molecule has 0 aliphatic carbocycles. The molecule has 21 heavy (non-hydrogen) atoms. The molecule has 2 aromatic rings. The number of aromatic nitrogens is 2. The first-order chi connectivity index (χ1) is 10.1. The van der Waals surface area contributed by atoms with Crippen molar-refractivity contribution >= 4 is 17.5 Å². The predicted molar refractivity (Wildman–Crippen MR) is 86.4 cm³/mol. The van der Waals surface area contributed by atoms with Crippen molar-refractivity contribution in [1.82, 2.24) is 9.97 Å². The van der Waals surface area contributed by atoms with Gasteiger partial charge in [0.1, 0.15) is 10.8 Å². The third-order valence-corrected chi connectivity index (χ3v) is 3.24. The van der Waals surface area contributed by atoms with Crippen molar-refractivity contribution in [2.75, 3.05) is 11.9 Å². The molecule has 5 heteroatoms. The van der Waals surface area contributed by atoms with E-state index >= 15 is 0 Å². The Labute approximate surface area is 130 Å². The first-order valence-corrected chi connectivity index (χ1v) is 7.52. The van der Waals surface area contributed by atoms with Gasteiger partial charge in [-0.05, 0) is 30.0 Å². The second-order valence-electron chi connectivity index (χ2n) is 5.10. The molecular formula is C16H20ClN3O. The Bertz CT molecular complexity index is 602. The van der Waals surface area contributed by atoms with Crippen molar-refractivity contribution in [2.45, 2.75) is 33.1 Å². The van der Waals surface area contributed by atoms with Crippen molar-refractivity contribution in [3.8, 4) is 11.6 Å². The lowest BCUT2D eigenvalue weighted by atomic mass is 10.0. The maximum absolute atomic E-state index is 6.10. The maximum Gasteiger partial charge on any atom is 0.243 e. The lowest BCUT2D eigenvalue weighted by Gasteiger charge is -2.11. The van der Waals surface area contributed by atoms with Crippen LogP contribution in [0.5, 0.6) is 11.6 Å². The Kier molecular flexibility index (Phi) is 5.39. The fourth-order valence-corrected chi connectivity index (χ4v) is 1.92. The highest BCUT2D eigenvalue weighted by Gasteiger charge is 2.09. The molecule has 1 heterocycles. The molecule has 0 bridgehead atoms. The Morgan fingerprint density at radius 2 is 2.14 bits per heavy atom. The first kappa shape index (κ1) is 15.6. The smallest absolute Gasteiger partial charge is 0.243 e. The Morgan fingerprint density at radius 1 is 1.33 bits per heavy atom. The molecule has 0 fully saturated rings. The van der Waals surface area contributed by atoms with E-state index in [-0.39, 0.29) is 0 Å².